The number of rotatable bonds is 21. The smallest absolute Gasteiger partial charge is 0.297 e. The molecule has 1 atom stereocenters. The summed E-state index contributed by atoms with van der Waals surface area (Å²) >= 11 is 6.46. The van der Waals surface area contributed by atoms with Crippen molar-refractivity contribution in [2.75, 3.05) is 19.0 Å². The Balaban J connectivity index is 2.49. The average molecular weight is 587 g/mol. The molecule has 0 fully saturated rings. The number of carbonyl (C=O) groups is 2. The van der Waals surface area contributed by atoms with Gasteiger partial charge in [-0.2, -0.15) is 0 Å². The van der Waals surface area contributed by atoms with Crippen molar-refractivity contribution in [2.24, 2.45) is 5.41 Å². The second kappa shape index (κ2) is 18.1. The Labute approximate surface area is 242 Å². The zero-order valence-electron chi connectivity index (χ0n) is 24.8. The Kier molecular flexibility index (Phi) is 16.5. The van der Waals surface area contributed by atoms with Crippen LogP contribution < -0.4 is 5.32 Å². The van der Waals surface area contributed by atoms with Gasteiger partial charge in [0, 0.05) is 18.2 Å². The molecule has 0 radical (unpaired) electrons. The Morgan fingerprint density at radius 3 is 1.69 bits per heavy atom. The van der Waals surface area contributed by atoms with Crippen LogP contribution in [-0.4, -0.2) is 42.4 Å². The molecule has 224 valence electrons. The summed E-state index contributed by atoms with van der Waals surface area (Å²) in [5, 5.41) is 2.47. The van der Waals surface area contributed by atoms with Crippen molar-refractivity contribution in [2.45, 2.75) is 122 Å². The number of alkyl halides is 1. The number of Topliss-reactive ketones (excluding diaryl/α,β-unsaturated/α-hetero) is 1. The predicted octanol–water partition coefficient (Wildman–Crippen LogP) is 7.85. The number of hydroxylamine groups is 1. The summed E-state index contributed by atoms with van der Waals surface area (Å²) < 4.78 is 24.6. The van der Waals surface area contributed by atoms with Crippen LogP contribution in [0.4, 0.5) is 5.69 Å². The molecule has 7 nitrogen and oxygen atoms in total. The number of benzene rings is 1. The van der Waals surface area contributed by atoms with Crippen molar-refractivity contribution in [3.63, 3.8) is 0 Å². The van der Waals surface area contributed by atoms with Gasteiger partial charge < -0.3 is 5.32 Å². The second-order valence-electron chi connectivity index (χ2n) is 11.3. The molecule has 0 aliphatic rings. The lowest BCUT2D eigenvalue weighted by atomic mass is 9.88. The third-order valence-corrected chi connectivity index (χ3v) is 9.55. The highest BCUT2D eigenvalue weighted by molar-refractivity contribution is 7.93. The first kappa shape index (κ1) is 35.5. The summed E-state index contributed by atoms with van der Waals surface area (Å²) in [6, 6.07) is 8.27. The summed E-state index contributed by atoms with van der Waals surface area (Å²) in [5.74, 6) is -2.07. The Hall–Kier alpha value is -1.48. The number of halogens is 1. The zero-order valence-corrected chi connectivity index (χ0v) is 26.3. The quantitative estimate of drug-likeness (QED) is 0.0685. The Bertz CT molecular complexity index is 950. The van der Waals surface area contributed by atoms with E-state index >= 15 is 0 Å². The lowest BCUT2D eigenvalue weighted by molar-refractivity contribution is -0.132. The fraction of sp³-hybridized carbons (Fsp3) is 0.733. The summed E-state index contributed by atoms with van der Waals surface area (Å²) in [5.41, 5.74) is -0.867. The van der Waals surface area contributed by atoms with Gasteiger partial charge in [0.2, 0.25) is 0 Å². The number of anilines is 1. The van der Waals surface area contributed by atoms with Gasteiger partial charge in [0.1, 0.15) is 0 Å². The van der Waals surface area contributed by atoms with Crippen LogP contribution in [0.2, 0.25) is 0 Å². The fourth-order valence-electron chi connectivity index (χ4n) is 4.29. The number of unbranched alkanes of at least 4 members (excludes halogenated alkanes) is 13. The predicted molar refractivity (Wildman–Crippen MR) is 161 cm³/mol. The molecule has 0 heterocycles. The highest BCUT2D eigenvalue weighted by Crippen LogP contribution is 2.36. The lowest BCUT2D eigenvalue weighted by Gasteiger charge is -2.32. The van der Waals surface area contributed by atoms with E-state index < -0.39 is 31.3 Å². The first-order valence-electron chi connectivity index (χ1n) is 14.6. The molecule has 0 aliphatic heterocycles. The number of sulfonamides is 1. The highest BCUT2D eigenvalue weighted by atomic mass is 35.5. The van der Waals surface area contributed by atoms with Crippen LogP contribution in [-0.2, 0) is 24.4 Å². The van der Waals surface area contributed by atoms with Gasteiger partial charge in [-0.1, -0.05) is 145 Å². The number of ketones is 1. The topological polar surface area (TPSA) is 92.8 Å². The SMILES string of the molecule is CCCCCCCCCCCCCCCCON(C)S(=O)(=O)C(Cl)(C(=O)Nc1ccccc1)C(=O)C(C)(C)C. The molecule has 0 saturated heterocycles. The van der Waals surface area contributed by atoms with Crippen molar-refractivity contribution in [1.82, 2.24) is 4.47 Å². The van der Waals surface area contributed by atoms with Crippen molar-refractivity contribution in [1.29, 1.82) is 0 Å². The van der Waals surface area contributed by atoms with Gasteiger partial charge in [0.05, 0.1) is 6.61 Å². The van der Waals surface area contributed by atoms with Crippen molar-refractivity contribution >= 4 is 39.0 Å². The highest BCUT2D eigenvalue weighted by Gasteiger charge is 2.60. The lowest BCUT2D eigenvalue weighted by Crippen LogP contribution is -2.59. The molecule has 9 heteroatoms. The number of hydrogen-bond acceptors (Lipinski definition) is 5. The van der Waals surface area contributed by atoms with Gasteiger partial charge in [-0.25, -0.2) is 8.42 Å². The van der Waals surface area contributed by atoms with E-state index in [2.05, 4.69) is 12.2 Å². The number of nitrogens with one attached hydrogen (secondary N) is 1. The van der Waals surface area contributed by atoms with Crippen molar-refractivity contribution < 1.29 is 22.8 Å². The standard InChI is InChI=1S/C30H51ClN2O5S/c1-6-7-8-9-10-11-12-13-14-15-16-17-18-22-25-38-33(5)39(36,37)30(31,27(34)29(2,3)4)28(35)32-26-23-20-19-21-24-26/h19-21,23-24H,6-18,22,25H2,1-5H3,(H,32,35). The molecule has 0 bridgehead atoms. The molecule has 0 aromatic heterocycles. The molecule has 0 spiro atoms. The monoisotopic (exact) mass is 586 g/mol. The van der Waals surface area contributed by atoms with Crippen LogP contribution in [0.25, 0.3) is 0 Å². The maximum atomic E-state index is 13.4. The number of para-hydroxylation sites is 1. The molecule has 1 aromatic carbocycles. The molecule has 1 N–H and O–H groups in total. The van der Waals surface area contributed by atoms with Crippen LogP contribution in [0.15, 0.2) is 30.3 Å². The molecule has 1 aromatic rings. The van der Waals surface area contributed by atoms with E-state index in [1.165, 1.54) is 92.0 Å². The average Bonchev–Trinajstić information content (AvgIpc) is 2.89. The van der Waals surface area contributed by atoms with E-state index in [4.69, 9.17) is 16.4 Å². The van der Waals surface area contributed by atoms with Gasteiger partial charge >= 0.3 is 0 Å². The second-order valence-corrected chi connectivity index (χ2v) is 14.2. The minimum atomic E-state index is -4.71. The summed E-state index contributed by atoms with van der Waals surface area (Å²) in [6.07, 6.45) is 17.0. The zero-order chi connectivity index (χ0) is 29.4. The van der Waals surface area contributed by atoms with Crippen LogP contribution in [0, 0.1) is 5.41 Å². The van der Waals surface area contributed by atoms with Crippen LogP contribution in [0.5, 0.6) is 0 Å². The Morgan fingerprint density at radius 1 is 0.821 bits per heavy atom. The van der Waals surface area contributed by atoms with Gasteiger partial charge in [0.15, 0.2) is 5.78 Å². The van der Waals surface area contributed by atoms with Crippen molar-refractivity contribution in [3.05, 3.63) is 30.3 Å². The Morgan fingerprint density at radius 2 is 1.26 bits per heavy atom. The number of carbonyl (C=O) groups excluding carboxylic acids is 2. The maximum absolute atomic E-state index is 13.4. The van der Waals surface area contributed by atoms with E-state index in [1.54, 1.807) is 30.3 Å². The van der Waals surface area contributed by atoms with E-state index in [0.29, 0.717) is 16.6 Å². The van der Waals surface area contributed by atoms with Crippen LogP contribution >= 0.6 is 11.6 Å². The van der Waals surface area contributed by atoms with E-state index in [-0.39, 0.29) is 6.61 Å². The molecule has 1 amide bonds. The van der Waals surface area contributed by atoms with Gasteiger partial charge in [0.25, 0.3) is 20.1 Å². The molecular weight excluding hydrogens is 536 g/mol. The normalized spacial score (nSPS) is 13.8. The van der Waals surface area contributed by atoms with Crippen LogP contribution in [0.3, 0.4) is 0 Å². The van der Waals surface area contributed by atoms with E-state index in [9.17, 15) is 18.0 Å². The molecule has 1 unspecified atom stereocenters. The van der Waals surface area contributed by atoms with Crippen LogP contribution in [0.1, 0.15) is 118 Å². The minimum absolute atomic E-state index is 0.144. The summed E-state index contributed by atoms with van der Waals surface area (Å²) in [4.78, 5) is 31.8. The molecule has 0 saturated carbocycles. The van der Waals surface area contributed by atoms with E-state index in [1.807, 2.05) is 0 Å². The van der Waals surface area contributed by atoms with Crippen molar-refractivity contribution in [3.8, 4) is 0 Å². The van der Waals surface area contributed by atoms with Gasteiger partial charge in [-0.3, -0.25) is 14.4 Å². The minimum Gasteiger partial charge on any atom is -0.323 e. The molecule has 39 heavy (non-hydrogen) atoms. The summed E-state index contributed by atoms with van der Waals surface area (Å²) in [6.45, 7) is 6.95. The largest absolute Gasteiger partial charge is 0.323 e. The molecule has 0 aliphatic carbocycles. The first-order chi connectivity index (χ1) is 18.4. The number of amides is 1. The number of nitrogens with zero attached hydrogens (tertiary/aromatic N) is 1. The third kappa shape index (κ3) is 11.9. The number of hydrogen-bond donors (Lipinski definition) is 1. The molecule has 1 rings (SSSR count). The molecular formula is C30H51ClN2O5S. The van der Waals surface area contributed by atoms with Gasteiger partial charge in [-0.15, -0.1) is 0 Å². The van der Waals surface area contributed by atoms with E-state index in [0.717, 1.165) is 19.3 Å². The van der Waals surface area contributed by atoms with Gasteiger partial charge in [-0.05, 0) is 18.6 Å². The third-order valence-electron chi connectivity index (χ3n) is 6.76. The fourth-order valence-corrected chi connectivity index (χ4v) is 6.30. The summed E-state index contributed by atoms with van der Waals surface area (Å²) in [7, 11) is -3.54. The first-order valence-corrected chi connectivity index (χ1v) is 16.4. The maximum Gasteiger partial charge on any atom is 0.297 e.